The minimum atomic E-state index is -1.12. The summed E-state index contributed by atoms with van der Waals surface area (Å²) < 4.78 is 26.7. The molecular formula is C30H37FN4O5S. The van der Waals surface area contributed by atoms with E-state index in [9.17, 15) is 14.4 Å². The van der Waals surface area contributed by atoms with E-state index in [4.69, 9.17) is 14.5 Å². The molecule has 2 aromatic rings. The zero-order chi connectivity index (χ0) is 30.4. The molecule has 1 aromatic heterocycles. The van der Waals surface area contributed by atoms with Crippen LogP contribution in [0.1, 0.15) is 88.6 Å². The smallest absolute Gasteiger partial charge is 0.426 e. The van der Waals surface area contributed by atoms with Gasteiger partial charge in [0.2, 0.25) is 0 Å². The third kappa shape index (κ3) is 6.77. The number of rotatable bonds is 4. The molecule has 1 aliphatic heterocycles. The van der Waals surface area contributed by atoms with Gasteiger partial charge < -0.3 is 9.47 Å². The number of imide groups is 1. The summed E-state index contributed by atoms with van der Waals surface area (Å²) >= 11 is 1.25. The molecule has 0 radical (unpaired) electrons. The lowest BCUT2D eigenvalue weighted by molar-refractivity contribution is 0.0150. The summed E-state index contributed by atoms with van der Waals surface area (Å²) in [6, 6.07) is 4.55. The van der Waals surface area contributed by atoms with Crippen LogP contribution >= 0.6 is 11.8 Å². The van der Waals surface area contributed by atoms with Crippen LogP contribution in [0.25, 0.3) is 0 Å². The van der Waals surface area contributed by atoms with Crippen molar-refractivity contribution in [2.24, 2.45) is 10.4 Å². The molecule has 2 aliphatic rings. The van der Waals surface area contributed by atoms with Gasteiger partial charge in [-0.3, -0.25) is 9.78 Å². The Bertz CT molecular complexity index is 1370. The van der Waals surface area contributed by atoms with Gasteiger partial charge in [-0.15, -0.1) is 0 Å². The number of halogens is 1. The first kappa shape index (κ1) is 30.6. The Morgan fingerprint density at radius 2 is 1.61 bits per heavy atom. The fraction of sp³-hybridized carbons (Fsp3) is 0.533. The molecule has 11 heteroatoms. The zero-order valence-electron chi connectivity index (χ0n) is 24.8. The summed E-state index contributed by atoms with van der Waals surface area (Å²) in [5.41, 5.74) is -1.45. The Kier molecular flexibility index (Phi) is 8.07. The minimum absolute atomic E-state index is 0.00135. The van der Waals surface area contributed by atoms with E-state index in [2.05, 4.69) is 9.97 Å². The summed E-state index contributed by atoms with van der Waals surface area (Å²) in [5.74, 6) is -0.224. The molecule has 1 fully saturated rings. The highest BCUT2D eigenvalue weighted by Gasteiger charge is 2.61. The maximum atomic E-state index is 15.6. The van der Waals surface area contributed by atoms with Crippen LogP contribution in [0.2, 0.25) is 0 Å². The first-order valence-corrected chi connectivity index (χ1v) is 14.5. The standard InChI is InChI=1S/C30H37FN4O5S/c1-18-15-33-22(16-32-18)23(36)14-19-9-10-21(31)20(13-19)29(8)30(11-12-30)17-41-24(34-29)35(25(37)39-27(2,3)4)26(38)40-28(5,6)7/h9-10,13,15-16H,11-12,14,17H2,1-8H3/t29-/m1/s1. The molecule has 1 atom stereocenters. The number of benzene rings is 1. The number of carbonyl (C=O) groups is 3. The largest absolute Gasteiger partial charge is 0.443 e. The molecule has 0 unspecified atom stereocenters. The number of amides is 2. The van der Waals surface area contributed by atoms with Crippen LogP contribution in [0.5, 0.6) is 0 Å². The Labute approximate surface area is 244 Å². The van der Waals surface area contributed by atoms with Gasteiger partial charge in [0.25, 0.3) is 0 Å². The predicted octanol–water partition coefficient (Wildman–Crippen LogP) is 6.62. The van der Waals surface area contributed by atoms with E-state index in [0.717, 1.165) is 17.7 Å². The number of amidine groups is 1. The molecule has 1 aromatic carbocycles. The van der Waals surface area contributed by atoms with Crippen LogP contribution in [-0.2, 0) is 21.4 Å². The number of nitrogens with zero attached hydrogens (tertiary/aromatic N) is 4. The minimum Gasteiger partial charge on any atom is -0.443 e. The van der Waals surface area contributed by atoms with E-state index >= 15 is 4.39 Å². The molecule has 41 heavy (non-hydrogen) atoms. The normalized spacial score (nSPS) is 19.8. The predicted molar refractivity (Wildman–Crippen MR) is 154 cm³/mol. The molecule has 220 valence electrons. The van der Waals surface area contributed by atoms with Crippen LogP contribution in [0.3, 0.4) is 0 Å². The van der Waals surface area contributed by atoms with E-state index in [1.807, 2.05) is 6.92 Å². The molecular weight excluding hydrogens is 547 g/mol. The molecule has 1 aliphatic carbocycles. The highest BCUT2D eigenvalue weighted by Crippen LogP contribution is 2.64. The second-order valence-corrected chi connectivity index (χ2v) is 13.7. The van der Waals surface area contributed by atoms with Crippen molar-refractivity contribution >= 4 is 34.9 Å². The molecule has 4 rings (SSSR count). The summed E-state index contributed by atoms with van der Waals surface area (Å²) in [7, 11) is 0. The summed E-state index contributed by atoms with van der Waals surface area (Å²) in [6.45, 7) is 13.8. The van der Waals surface area contributed by atoms with Gasteiger partial charge in [-0.2, -0.15) is 4.90 Å². The van der Waals surface area contributed by atoms with Crippen LogP contribution < -0.4 is 0 Å². The Morgan fingerprint density at radius 1 is 1.00 bits per heavy atom. The van der Waals surface area contributed by atoms with E-state index in [1.54, 1.807) is 60.6 Å². The highest BCUT2D eigenvalue weighted by atomic mass is 32.2. The van der Waals surface area contributed by atoms with Crippen LogP contribution in [0.4, 0.5) is 14.0 Å². The number of aliphatic imine (C=N–C) groups is 1. The van der Waals surface area contributed by atoms with Crippen molar-refractivity contribution in [2.75, 3.05) is 5.75 Å². The van der Waals surface area contributed by atoms with Crippen LogP contribution in [-0.4, -0.2) is 55.0 Å². The van der Waals surface area contributed by atoms with Crippen molar-refractivity contribution in [1.29, 1.82) is 0 Å². The number of hydrogen-bond donors (Lipinski definition) is 0. The van der Waals surface area contributed by atoms with Gasteiger partial charge in [-0.1, -0.05) is 17.8 Å². The van der Waals surface area contributed by atoms with Crippen molar-refractivity contribution in [3.05, 3.63) is 58.9 Å². The van der Waals surface area contributed by atoms with Gasteiger partial charge in [0.15, 0.2) is 11.0 Å². The molecule has 2 amide bonds. The monoisotopic (exact) mass is 584 g/mol. The van der Waals surface area contributed by atoms with Crippen molar-refractivity contribution in [1.82, 2.24) is 14.9 Å². The number of Topliss-reactive ketones (excluding diaryl/α,β-unsaturated/α-hetero) is 1. The van der Waals surface area contributed by atoms with Crippen LogP contribution in [0.15, 0.2) is 35.6 Å². The second-order valence-electron chi connectivity index (χ2n) is 12.8. The maximum Gasteiger partial charge on any atom is 0.426 e. The molecule has 0 N–H and O–H groups in total. The van der Waals surface area contributed by atoms with E-state index in [0.29, 0.717) is 22.6 Å². The quantitative estimate of drug-likeness (QED) is 0.369. The summed E-state index contributed by atoms with van der Waals surface area (Å²) in [6.07, 6.45) is 2.71. The van der Waals surface area contributed by atoms with E-state index < -0.39 is 34.7 Å². The fourth-order valence-electron chi connectivity index (χ4n) is 4.64. The topological polar surface area (TPSA) is 111 Å². The highest BCUT2D eigenvalue weighted by molar-refractivity contribution is 8.14. The lowest BCUT2D eigenvalue weighted by Gasteiger charge is -2.41. The van der Waals surface area contributed by atoms with Gasteiger partial charge in [0, 0.05) is 29.3 Å². The lowest BCUT2D eigenvalue weighted by atomic mass is 9.77. The number of aryl methyl sites for hydroxylation is 1. The average Bonchev–Trinajstić information content (AvgIpc) is 3.62. The van der Waals surface area contributed by atoms with Gasteiger partial charge in [0.05, 0.1) is 17.4 Å². The molecule has 9 nitrogen and oxygen atoms in total. The van der Waals surface area contributed by atoms with E-state index in [1.165, 1.54) is 30.2 Å². The van der Waals surface area contributed by atoms with Crippen molar-refractivity contribution < 1.29 is 28.2 Å². The lowest BCUT2D eigenvalue weighted by Crippen LogP contribution is -2.49. The third-order valence-corrected chi connectivity index (χ3v) is 8.24. The van der Waals surface area contributed by atoms with Gasteiger partial charge in [-0.05, 0) is 85.9 Å². The number of hydrogen-bond acceptors (Lipinski definition) is 9. The molecule has 0 bridgehead atoms. The Balaban J connectivity index is 1.74. The van der Waals surface area contributed by atoms with Gasteiger partial charge in [0.1, 0.15) is 22.7 Å². The number of aromatic nitrogens is 2. The number of ketones is 1. The molecule has 0 saturated heterocycles. The Morgan fingerprint density at radius 3 is 2.12 bits per heavy atom. The van der Waals surface area contributed by atoms with Gasteiger partial charge in [-0.25, -0.2) is 24.0 Å². The Hall–Kier alpha value is -3.34. The summed E-state index contributed by atoms with van der Waals surface area (Å²) in [4.78, 5) is 53.5. The van der Waals surface area contributed by atoms with E-state index in [-0.39, 0.29) is 28.5 Å². The number of ether oxygens (including phenoxy) is 2. The van der Waals surface area contributed by atoms with Crippen molar-refractivity contribution in [3.8, 4) is 0 Å². The van der Waals surface area contributed by atoms with Crippen molar-refractivity contribution in [2.45, 2.75) is 91.4 Å². The summed E-state index contributed by atoms with van der Waals surface area (Å²) in [5, 5.41) is 0.0735. The average molecular weight is 585 g/mol. The van der Waals surface area contributed by atoms with Crippen LogP contribution in [0, 0.1) is 18.2 Å². The SMILES string of the molecule is Cc1cnc(C(=O)Cc2ccc(F)c([C@@]3(C)N=C(N(C(=O)OC(C)(C)C)C(=O)OC(C)(C)C)SCC34CC4)c2)cn1. The number of carbonyl (C=O) groups excluding carboxylic acids is 3. The second kappa shape index (κ2) is 10.8. The van der Waals surface area contributed by atoms with Gasteiger partial charge >= 0.3 is 12.2 Å². The molecule has 1 spiro atoms. The first-order chi connectivity index (χ1) is 18.9. The fourth-order valence-corrected chi connectivity index (χ4v) is 6.14. The first-order valence-electron chi connectivity index (χ1n) is 13.5. The third-order valence-electron chi connectivity index (χ3n) is 7.01. The molecule has 2 heterocycles. The maximum absolute atomic E-state index is 15.6. The number of thioether (sulfide) groups is 1. The molecule has 1 saturated carbocycles. The zero-order valence-corrected chi connectivity index (χ0v) is 25.6. The van der Waals surface area contributed by atoms with Crippen molar-refractivity contribution in [3.63, 3.8) is 0 Å².